The number of aromatic nitrogens is 1. The minimum Gasteiger partial charge on any atom is -0.357 e. The molecule has 0 radical (unpaired) electrons. The first-order chi connectivity index (χ1) is 11.0. The number of aromatic amines is 1. The highest BCUT2D eigenvalue weighted by atomic mass is 15.0. The van der Waals surface area contributed by atoms with E-state index in [1.807, 2.05) is 0 Å². The number of aryl methyl sites for hydroxylation is 4. The van der Waals surface area contributed by atoms with Gasteiger partial charge in [-0.3, -0.25) is 0 Å². The Kier molecular flexibility index (Phi) is 3.31. The molecule has 2 heterocycles. The predicted molar refractivity (Wildman–Crippen MR) is 97.2 cm³/mol. The molecule has 1 atom stereocenters. The minimum atomic E-state index is 0.268. The lowest BCUT2D eigenvalue weighted by Gasteiger charge is -2.25. The van der Waals surface area contributed by atoms with Gasteiger partial charge < -0.3 is 10.3 Å². The van der Waals surface area contributed by atoms with Gasteiger partial charge in [-0.2, -0.15) is 0 Å². The predicted octanol–water partition coefficient (Wildman–Crippen LogP) is 4.64. The van der Waals surface area contributed by atoms with Crippen LogP contribution in [0.1, 0.15) is 45.1 Å². The van der Waals surface area contributed by atoms with Crippen molar-refractivity contribution in [3.8, 4) is 0 Å². The molecule has 0 aliphatic carbocycles. The van der Waals surface area contributed by atoms with Crippen LogP contribution >= 0.6 is 0 Å². The number of H-pyrrole nitrogens is 1. The van der Waals surface area contributed by atoms with Crippen molar-refractivity contribution in [3.63, 3.8) is 0 Å². The first-order valence-corrected chi connectivity index (χ1v) is 8.46. The molecule has 2 N–H and O–H groups in total. The van der Waals surface area contributed by atoms with E-state index < -0.39 is 0 Å². The third kappa shape index (κ3) is 2.38. The summed E-state index contributed by atoms with van der Waals surface area (Å²) in [7, 11) is 0. The largest absolute Gasteiger partial charge is 0.357 e. The van der Waals surface area contributed by atoms with Gasteiger partial charge in [-0.25, -0.2) is 0 Å². The summed E-state index contributed by atoms with van der Waals surface area (Å²) in [6.45, 7) is 9.80. The van der Waals surface area contributed by atoms with Crippen LogP contribution in [0.3, 0.4) is 0 Å². The zero-order chi connectivity index (χ0) is 16.1. The second-order valence-electron chi connectivity index (χ2n) is 7.08. The van der Waals surface area contributed by atoms with E-state index in [1.54, 1.807) is 0 Å². The molecule has 0 saturated carbocycles. The molecule has 1 unspecified atom stereocenters. The molecular weight excluding hydrogens is 280 g/mol. The summed E-state index contributed by atoms with van der Waals surface area (Å²) >= 11 is 0. The Bertz CT molecular complexity index is 882. The lowest BCUT2D eigenvalue weighted by Crippen LogP contribution is -2.30. The molecule has 1 aromatic heterocycles. The van der Waals surface area contributed by atoms with Crippen LogP contribution in [0.2, 0.25) is 0 Å². The fraction of sp³-hybridized carbons (Fsp3) is 0.333. The Morgan fingerprint density at radius 2 is 1.57 bits per heavy atom. The van der Waals surface area contributed by atoms with E-state index >= 15 is 0 Å². The summed E-state index contributed by atoms with van der Waals surface area (Å²) < 4.78 is 0. The van der Waals surface area contributed by atoms with Crippen molar-refractivity contribution in [2.45, 2.75) is 40.2 Å². The third-order valence-corrected chi connectivity index (χ3v) is 4.97. The van der Waals surface area contributed by atoms with Crippen LogP contribution in [0, 0.1) is 27.7 Å². The Morgan fingerprint density at radius 1 is 0.870 bits per heavy atom. The second-order valence-corrected chi connectivity index (χ2v) is 7.08. The van der Waals surface area contributed by atoms with Gasteiger partial charge in [-0.1, -0.05) is 35.4 Å². The fourth-order valence-electron chi connectivity index (χ4n) is 4.23. The van der Waals surface area contributed by atoms with Crippen molar-refractivity contribution >= 4 is 10.9 Å². The summed E-state index contributed by atoms with van der Waals surface area (Å²) in [5.74, 6) is 0. The number of hydrogen-bond acceptors (Lipinski definition) is 1. The van der Waals surface area contributed by atoms with Gasteiger partial charge in [0.15, 0.2) is 0 Å². The fourth-order valence-corrected chi connectivity index (χ4v) is 4.23. The molecule has 0 saturated heterocycles. The van der Waals surface area contributed by atoms with E-state index in [1.165, 1.54) is 50.0 Å². The van der Waals surface area contributed by atoms with E-state index in [2.05, 4.69) is 68.3 Å². The first kappa shape index (κ1) is 14.5. The number of rotatable bonds is 1. The lowest BCUT2D eigenvalue weighted by molar-refractivity contribution is 0.560. The second kappa shape index (κ2) is 5.24. The zero-order valence-electron chi connectivity index (χ0n) is 14.4. The van der Waals surface area contributed by atoms with Crippen molar-refractivity contribution in [2.24, 2.45) is 0 Å². The highest BCUT2D eigenvalue weighted by molar-refractivity contribution is 5.89. The van der Waals surface area contributed by atoms with Crippen LogP contribution in [-0.4, -0.2) is 11.5 Å². The maximum atomic E-state index is 3.72. The Morgan fingerprint density at radius 3 is 2.30 bits per heavy atom. The maximum Gasteiger partial charge on any atom is 0.0732 e. The molecule has 1 aliphatic heterocycles. The quantitative estimate of drug-likeness (QED) is 0.673. The van der Waals surface area contributed by atoms with Crippen LogP contribution in [-0.2, 0) is 6.42 Å². The van der Waals surface area contributed by atoms with Crippen molar-refractivity contribution in [1.82, 2.24) is 10.3 Å². The molecule has 2 aromatic carbocycles. The van der Waals surface area contributed by atoms with Gasteiger partial charge in [0.1, 0.15) is 0 Å². The molecule has 0 spiro atoms. The van der Waals surface area contributed by atoms with Crippen LogP contribution in [0.25, 0.3) is 10.9 Å². The number of nitrogens with one attached hydrogen (secondary N) is 2. The van der Waals surface area contributed by atoms with Crippen molar-refractivity contribution < 1.29 is 0 Å². The highest BCUT2D eigenvalue weighted by Gasteiger charge is 2.26. The van der Waals surface area contributed by atoms with E-state index in [0.29, 0.717) is 0 Å². The van der Waals surface area contributed by atoms with Crippen LogP contribution in [0.15, 0.2) is 30.3 Å². The molecule has 0 fully saturated rings. The van der Waals surface area contributed by atoms with Crippen LogP contribution < -0.4 is 5.32 Å². The lowest BCUT2D eigenvalue weighted by atomic mass is 9.91. The summed E-state index contributed by atoms with van der Waals surface area (Å²) in [4.78, 5) is 3.72. The van der Waals surface area contributed by atoms with Crippen molar-refractivity contribution in [1.29, 1.82) is 0 Å². The van der Waals surface area contributed by atoms with Gasteiger partial charge in [0, 0.05) is 23.1 Å². The molecule has 1 aliphatic rings. The van der Waals surface area contributed by atoms with Gasteiger partial charge in [0.2, 0.25) is 0 Å². The summed E-state index contributed by atoms with van der Waals surface area (Å²) in [6, 6.07) is 11.7. The number of fused-ring (bicyclic) bond motifs is 3. The maximum absolute atomic E-state index is 3.72. The van der Waals surface area contributed by atoms with Gasteiger partial charge in [0.25, 0.3) is 0 Å². The molecule has 118 valence electrons. The monoisotopic (exact) mass is 304 g/mol. The van der Waals surface area contributed by atoms with Crippen LogP contribution in [0.5, 0.6) is 0 Å². The molecule has 3 aromatic rings. The Labute approximate surface area is 137 Å². The number of benzene rings is 2. The van der Waals surface area contributed by atoms with E-state index in [0.717, 1.165) is 13.0 Å². The van der Waals surface area contributed by atoms with Gasteiger partial charge >= 0.3 is 0 Å². The molecular formula is C21H24N2. The molecule has 23 heavy (non-hydrogen) atoms. The van der Waals surface area contributed by atoms with E-state index in [-0.39, 0.29) is 6.04 Å². The Hall–Kier alpha value is -2.06. The third-order valence-electron chi connectivity index (χ3n) is 4.97. The molecule has 2 heteroatoms. The summed E-state index contributed by atoms with van der Waals surface area (Å²) in [5.41, 5.74) is 10.9. The van der Waals surface area contributed by atoms with E-state index in [9.17, 15) is 0 Å². The van der Waals surface area contributed by atoms with E-state index in [4.69, 9.17) is 0 Å². The normalized spacial score (nSPS) is 17.5. The standard InChI is InChI=1S/C21H24N2/c1-12-7-13(2)10-16(9-12)20-21-17(5-6-22-20)19-15(4)8-14(3)11-18(19)23-21/h7-11,20,22-23H,5-6H2,1-4H3. The molecule has 2 nitrogen and oxygen atoms in total. The first-order valence-electron chi connectivity index (χ1n) is 8.46. The average Bonchev–Trinajstić information content (AvgIpc) is 2.84. The highest BCUT2D eigenvalue weighted by Crippen LogP contribution is 2.35. The minimum absolute atomic E-state index is 0.268. The zero-order valence-corrected chi connectivity index (χ0v) is 14.4. The Balaban J connectivity index is 1.93. The summed E-state index contributed by atoms with van der Waals surface area (Å²) in [5, 5.41) is 5.14. The topological polar surface area (TPSA) is 27.8 Å². The molecule has 0 amide bonds. The van der Waals surface area contributed by atoms with Crippen molar-refractivity contribution in [3.05, 3.63) is 69.4 Å². The van der Waals surface area contributed by atoms with Crippen LogP contribution in [0.4, 0.5) is 0 Å². The van der Waals surface area contributed by atoms with Crippen molar-refractivity contribution in [2.75, 3.05) is 6.54 Å². The molecule has 0 bridgehead atoms. The van der Waals surface area contributed by atoms with Gasteiger partial charge in [-0.05, 0) is 62.4 Å². The smallest absolute Gasteiger partial charge is 0.0732 e. The number of hydrogen-bond donors (Lipinski definition) is 2. The van der Waals surface area contributed by atoms with Gasteiger partial charge in [0.05, 0.1) is 6.04 Å². The molecule has 4 rings (SSSR count). The summed E-state index contributed by atoms with van der Waals surface area (Å²) in [6.07, 6.45) is 1.10. The van der Waals surface area contributed by atoms with Gasteiger partial charge in [-0.15, -0.1) is 0 Å². The SMILES string of the molecule is Cc1cc(C)cc(C2NCCc3c2[nH]c2cc(C)cc(C)c32)c1. The average molecular weight is 304 g/mol.